The summed E-state index contributed by atoms with van der Waals surface area (Å²) in [6.45, 7) is 3.96. The van der Waals surface area contributed by atoms with Crippen molar-refractivity contribution in [2.24, 2.45) is 0 Å². The average molecular weight is 294 g/mol. The Bertz CT molecular complexity index is 618. The maximum Gasteiger partial charge on any atom is 0.257 e. The largest absolute Gasteiger partial charge is 0.322 e. The van der Waals surface area contributed by atoms with Crippen LogP contribution in [0.5, 0.6) is 0 Å². The summed E-state index contributed by atoms with van der Waals surface area (Å²) in [6, 6.07) is 10.7. The molecule has 1 N–H and O–H groups in total. The molecule has 0 radical (unpaired) electrons. The van der Waals surface area contributed by atoms with Gasteiger partial charge < -0.3 is 5.32 Å². The molecule has 2 aromatic rings. The number of carbonyl (C=O) groups is 1. The first-order chi connectivity index (χ1) is 8.95. The summed E-state index contributed by atoms with van der Waals surface area (Å²) in [4.78, 5) is 12.2. The van der Waals surface area contributed by atoms with Crippen molar-refractivity contribution < 1.29 is 4.79 Å². The average Bonchev–Trinajstić information content (AvgIpc) is 2.30. The Morgan fingerprint density at radius 1 is 1.00 bits per heavy atom. The van der Waals surface area contributed by atoms with Gasteiger partial charge in [-0.1, -0.05) is 29.3 Å². The molecule has 0 aliphatic carbocycles. The van der Waals surface area contributed by atoms with Gasteiger partial charge in [0.2, 0.25) is 0 Å². The lowest BCUT2D eigenvalue weighted by molar-refractivity contribution is 0.102. The molecule has 0 saturated carbocycles. The SMILES string of the molecule is Cc1cc(C)cc(NC(=O)c2cc(Cl)ccc2Cl)c1. The molecule has 4 heteroatoms. The standard InChI is InChI=1S/C15H13Cl2NO/c1-9-5-10(2)7-12(6-9)18-15(19)13-8-11(16)3-4-14(13)17/h3-8H,1-2H3,(H,18,19). The first-order valence-corrected chi connectivity index (χ1v) is 6.56. The Morgan fingerprint density at radius 3 is 2.26 bits per heavy atom. The van der Waals surface area contributed by atoms with Gasteiger partial charge in [-0.3, -0.25) is 4.79 Å². The quantitative estimate of drug-likeness (QED) is 0.841. The Morgan fingerprint density at radius 2 is 1.63 bits per heavy atom. The van der Waals surface area contributed by atoms with E-state index in [4.69, 9.17) is 23.2 Å². The second kappa shape index (κ2) is 5.64. The van der Waals surface area contributed by atoms with E-state index in [1.54, 1.807) is 18.2 Å². The lowest BCUT2D eigenvalue weighted by Gasteiger charge is -2.09. The molecule has 0 bridgehead atoms. The highest BCUT2D eigenvalue weighted by molar-refractivity contribution is 6.36. The molecular formula is C15H13Cl2NO. The molecular weight excluding hydrogens is 281 g/mol. The lowest BCUT2D eigenvalue weighted by atomic mass is 10.1. The van der Waals surface area contributed by atoms with Gasteiger partial charge in [-0.2, -0.15) is 0 Å². The Hall–Kier alpha value is -1.51. The van der Waals surface area contributed by atoms with Gasteiger partial charge in [0.05, 0.1) is 10.6 Å². The van der Waals surface area contributed by atoms with E-state index >= 15 is 0 Å². The van der Waals surface area contributed by atoms with Crippen molar-refractivity contribution in [1.29, 1.82) is 0 Å². The Labute approximate surface area is 122 Å². The molecule has 0 spiro atoms. The number of carbonyl (C=O) groups excluding carboxylic acids is 1. The van der Waals surface area contributed by atoms with Gasteiger partial charge in [-0.05, 0) is 55.3 Å². The number of hydrogen-bond donors (Lipinski definition) is 1. The van der Waals surface area contributed by atoms with Crippen LogP contribution < -0.4 is 5.32 Å². The van der Waals surface area contributed by atoms with E-state index in [9.17, 15) is 4.79 Å². The van der Waals surface area contributed by atoms with Crippen LogP contribution in [0.25, 0.3) is 0 Å². The van der Waals surface area contributed by atoms with Gasteiger partial charge in [-0.15, -0.1) is 0 Å². The van der Waals surface area contributed by atoms with Crippen LogP contribution in [0.4, 0.5) is 5.69 Å². The second-order valence-electron chi connectivity index (χ2n) is 4.45. The second-order valence-corrected chi connectivity index (χ2v) is 5.30. The van der Waals surface area contributed by atoms with Crippen LogP contribution in [0.1, 0.15) is 21.5 Å². The van der Waals surface area contributed by atoms with Gasteiger partial charge in [-0.25, -0.2) is 0 Å². The van der Waals surface area contributed by atoms with Crippen LogP contribution in [0.3, 0.4) is 0 Å². The highest BCUT2D eigenvalue weighted by Crippen LogP contribution is 2.22. The molecule has 0 aromatic heterocycles. The third kappa shape index (κ3) is 3.49. The van der Waals surface area contributed by atoms with Gasteiger partial charge in [0.15, 0.2) is 0 Å². The first-order valence-electron chi connectivity index (χ1n) is 5.80. The van der Waals surface area contributed by atoms with Crippen LogP contribution in [0.15, 0.2) is 36.4 Å². The van der Waals surface area contributed by atoms with E-state index in [-0.39, 0.29) is 5.91 Å². The fraction of sp³-hybridized carbons (Fsp3) is 0.133. The molecule has 1 amide bonds. The fourth-order valence-corrected chi connectivity index (χ4v) is 2.29. The summed E-state index contributed by atoms with van der Waals surface area (Å²) in [6.07, 6.45) is 0. The van der Waals surface area contributed by atoms with Gasteiger partial charge >= 0.3 is 0 Å². The summed E-state index contributed by atoms with van der Waals surface area (Å²) >= 11 is 11.9. The molecule has 0 aliphatic heterocycles. The van der Waals surface area contributed by atoms with Gasteiger partial charge in [0.25, 0.3) is 5.91 Å². The summed E-state index contributed by atoms with van der Waals surface area (Å²) in [5.74, 6) is -0.266. The van der Waals surface area contributed by atoms with E-state index in [0.29, 0.717) is 15.6 Å². The number of rotatable bonds is 2. The van der Waals surface area contributed by atoms with Crippen molar-refractivity contribution >= 4 is 34.8 Å². The lowest BCUT2D eigenvalue weighted by Crippen LogP contribution is -2.12. The molecule has 98 valence electrons. The highest BCUT2D eigenvalue weighted by Gasteiger charge is 2.11. The summed E-state index contributed by atoms with van der Waals surface area (Å²) < 4.78 is 0. The van der Waals surface area contributed by atoms with Gasteiger partial charge in [0, 0.05) is 10.7 Å². The van der Waals surface area contributed by atoms with E-state index in [1.165, 1.54) is 0 Å². The number of benzene rings is 2. The zero-order valence-electron chi connectivity index (χ0n) is 10.6. The summed E-state index contributed by atoms with van der Waals surface area (Å²) in [5.41, 5.74) is 3.30. The number of hydrogen-bond acceptors (Lipinski definition) is 1. The molecule has 0 aliphatic rings. The predicted octanol–water partition coefficient (Wildman–Crippen LogP) is 4.86. The fourth-order valence-electron chi connectivity index (χ4n) is 1.92. The zero-order chi connectivity index (χ0) is 14.0. The number of nitrogens with one attached hydrogen (secondary N) is 1. The molecule has 19 heavy (non-hydrogen) atoms. The van der Waals surface area contributed by atoms with Crippen LogP contribution >= 0.6 is 23.2 Å². The predicted molar refractivity (Wildman–Crippen MR) is 80.3 cm³/mol. The molecule has 2 aromatic carbocycles. The molecule has 2 nitrogen and oxygen atoms in total. The summed E-state index contributed by atoms with van der Waals surface area (Å²) in [7, 11) is 0. The van der Waals surface area contributed by atoms with Crippen molar-refractivity contribution in [3.05, 3.63) is 63.1 Å². The smallest absolute Gasteiger partial charge is 0.257 e. The minimum atomic E-state index is -0.266. The number of halogens is 2. The maximum atomic E-state index is 12.2. The summed E-state index contributed by atoms with van der Waals surface area (Å²) in [5, 5.41) is 3.69. The monoisotopic (exact) mass is 293 g/mol. The molecule has 0 fully saturated rings. The third-order valence-corrected chi connectivity index (χ3v) is 3.22. The van der Waals surface area contributed by atoms with Crippen molar-refractivity contribution in [1.82, 2.24) is 0 Å². The minimum Gasteiger partial charge on any atom is -0.322 e. The topological polar surface area (TPSA) is 29.1 Å². The van der Waals surface area contributed by atoms with E-state index in [2.05, 4.69) is 5.32 Å². The van der Waals surface area contributed by atoms with Crippen LogP contribution in [0.2, 0.25) is 10.0 Å². The van der Waals surface area contributed by atoms with E-state index in [0.717, 1.165) is 16.8 Å². The first kappa shape index (κ1) is 13.9. The Balaban J connectivity index is 2.28. The number of anilines is 1. The highest BCUT2D eigenvalue weighted by atomic mass is 35.5. The van der Waals surface area contributed by atoms with Crippen LogP contribution in [-0.2, 0) is 0 Å². The Kier molecular flexibility index (Phi) is 4.13. The molecule has 0 heterocycles. The van der Waals surface area contributed by atoms with Crippen molar-refractivity contribution in [2.75, 3.05) is 5.32 Å². The van der Waals surface area contributed by atoms with Crippen molar-refractivity contribution in [3.8, 4) is 0 Å². The van der Waals surface area contributed by atoms with E-state index < -0.39 is 0 Å². The third-order valence-electron chi connectivity index (χ3n) is 2.65. The number of aryl methyl sites for hydroxylation is 2. The minimum absolute atomic E-state index is 0.266. The maximum absolute atomic E-state index is 12.2. The molecule has 0 atom stereocenters. The van der Waals surface area contributed by atoms with Crippen molar-refractivity contribution in [3.63, 3.8) is 0 Å². The normalized spacial score (nSPS) is 10.3. The van der Waals surface area contributed by atoms with Gasteiger partial charge in [0.1, 0.15) is 0 Å². The molecule has 2 rings (SSSR count). The molecule has 0 saturated heterocycles. The molecule has 0 unspecified atom stereocenters. The van der Waals surface area contributed by atoms with Crippen LogP contribution in [-0.4, -0.2) is 5.91 Å². The van der Waals surface area contributed by atoms with E-state index in [1.807, 2.05) is 32.0 Å². The zero-order valence-corrected chi connectivity index (χ0v) is 12.1. The van der Waals surface area contributed by atoms with Crippen LogP contribution in [0, 0.1) is 13.8 Å². The number of amides is 1. The van der Waals surface area contributed by atoms with Crippen molar-refractivity contribution in [2.45, 2.75) is 13.8 Å².